The van der Waals surface area contributed by atoms with Gasteiger partial charge >= 0.3 is 0 Å². The molecule has 0 fully saturated rings. The lowest BCUT2D eigenvalue weighted by atomic mass is 10.2. The molecule has 5 nitrogen and oxygen atoms in total. The minimum absolute atomic E-state index is 0. The first-order chi connectivity index (χ1) is 9.33. The van der Waals surface area contributed by atoms with Crippen LogP contribution in [-0.2, 0) is 0 Å². The Morgan fingerprint density at radius 1 is 1.35 bits per heavy atom. The summed E-state index contributed by atoms with van der Waals surface area (Å²) in [5.41, 5.74) is 0.563. The van der Waals surface area contributed by atoms with E-state index < -0.39 is 0 Å². The lowest BCUT2D eigenvalue weighted by Gasteiger charge is -2.09. The summed E-state index contributed by atoms with van der Waals surface area (Å²) >= 11 is 1.50. The van der Waals surface area contributed by atoms with Crippen molar-refractivity contribution in [1.82, 2.24) is 9.97 Å². The number of thiophene rings is 1. The smallest absolute Gasteiger partial charge is 0.267 e. The molecule has 0 amide bonds. The number of rotatable bonds is 1. The SMILES string of the molecule is Cl.O=c1[nH]c2ncccc2c2cc(N3C=NCC3)sc12. The van der Waals surface area contributed by atoms with Gasteiger partial charge in [0.2, 0.25) is 0 Å². The number of fused-ring (bicyclic) bond motifs is 3. The van der Waals surface area contributed by atoms with Gasteiger partial charge in [0, 0.05) is 23.5 Å². The Bertz CT molecular complexity index is 870. The molecule has 1 aliphatic heterocycles. The number of hydrogen-bond donors (Lipinski definition) is 1. The molecular formula is C13H11ClN4OS. The minimum atomic E-state index is -0.0754. The van der Waals surface area contributed by atoms with E-state index >= 15 is 0 Å². The summed E-state index contributed by atoms with van der Waals surface area (Å²) in [6.45, 7) is 1.69. The van der Waals surface area contributed by atoms with Crippen LogP contribution in [0.5, 0.6) is 0 Å². The molecule has 102 valence electrons. The zero-order valence-electron chi connectivity index (χ0n) is 10.4. The van der Waals surface area contributed by atoms with E-state index in [0.717, 1.165) is 33.6 Å². The van der Waals surface area contributed by atoms with Crippen LogP contribution in [-0.4, -0.2) is 29.4 Å². The minimum Gasteiger partial charge on any atom is -0.323 e. The lowest BCUT2D eigenvalue weighted by Crippen LogP contribution is -2.16. The fourth-order valence-electron chi connectivity index (χ4n) is 2.32. The first-order valence-corrected chi connectivity index (χ1v) is 6.82. The van der Waals surface area contributed by atoms with Gasteiger partial charge in [0.1, 0.15) is 10.3 Å². The first kappa shape index (κ1) is 13.1. The molecule has 1 N–H and O–H groups in total. The second-order valence-electron chi connectivity index (χ2n) is 4.40. The molecule has 3 aromatic rings. The van der Waals surface area contributed by atoms with Crippen molar-refractivity contribution in [3.05, 3.63) is 34.7 Å². The molecule has 0 atom stereocenters. The third kappa shape index (κ3) is 1.88. The molecule has 0 aliphatic carbocycles. The van der Waals surface area contributed by atoms with Crippen molar-refractivity contribution >= 4 is 56.2 Å². The van der Waals surface area contributed by atoms with E-state index in [9.17, 15) is 4.79 Å². The number of anilines is 1. The van der Waals surface area contributed by atoms with Gasteiger partial charge in [-0.15, -0.1) is 23.7 Å². The third-order valence-electron chi connectivity index (χ3n) is 3.23. The fraction of sp³-hybridized carbons (Fsp3) is 0.154. The number of H-pyrrole nitrogens is 1. The number of hydrogen-bond acceptors (Lipinski definition) is 5. The van der Waals surface area contributed by atoms with Crippen molar-refractivity contribution in [2.24, 2.45) is 4.99 Å². The summed E-state index contributed by atoms with van der Waals surface area (Å²) in [6, 6.07) is 5.92. The van der Waals surface area contributed by atoms with E-state index in [1.54, 1.807) is 6.20 Å². The Balaban J connectivity index is 0.00000121. The highest BCUT2D eigenvalue weighted by atomic mass is 35.5. The van der Waals surface area contributed by atoms with Gasteiger partial charge in [-0.25, -0.2) is 4.98 Å². The Hall–Kier alpha value is -1.92. The number of nitrogens with zero attached hydrogens (tertiary/aromatic N) is 3. The zero-order chi connectivity index (χ0) is 12.8. The van der Waals surface area contributed by atoms with Gasteiger partial charge in [0.15, 0.2) is 0 Å². The summed E-state index contributed by atoms with van der Waals surface area (Å²) in [7, 11) is 0. The van der Waals surface area contributed by atoms with Crippen molar-refractivity contribution in [2.45, 2.75) is 0 Å². The van der Waals surface area contributed by atoms with E-state index in [-0.39, 0.29) is 18.0 Å². The molecule has 0 aromatic carbocycles. The quantitative estimate of drug-likeness (QED) is 0.751. The predicted octanol–water partition coefficient (Wildman–Crippen LogP) is 2.41. The number of nitrogens with one attached hydrogen (secondary N) is 1. The molecule has 0 saturated carbocycles. The molecule has 7 heteroatoms. The predicted molar refractivity (Wildman–Crippen MR) is 85.7 cm³/mol. The average Bonchev–Trinajstić information content (AvgIpc) is 3.08. The van der Waals surface area contributed by atoms with Crippen LogP contribution in [0.3, 0.4) is 0 Å². The second kappa shape index (κ2) is 4.88. The molecular weight excluding hydrogens is 296 g/mol. The molecule has 1 aliphatic rings. The summed E-state index contributed by atoms with van der Waals surface area (Å²) < 4.78 is 0.746. The number of aromatic nitrogens is 2. The monoisotopic (exact) mass is 306 g/mol. The van der Waals surface area contributed by atoms with E-state index in [0.29, 0.717) is 5.65 Å². The van der Waals surface area contributed by atoms with E-state index in [1.807, 2.05) is 18.5 Å². The molecule has 0 unspecified atom stereocenters. The van der Waals surface area contributed by atoms with Crippen LogP contribution in [0.15, 0.2) is 34.2 Å². The molecule has 0 bridgehead atoms. The number of aromatic amines is 1. The average molecular weight is 307 g/mol. The normalized spacial score (nSPS) is 14.1. The maximum Gasteiger partial charge on any atom is 0.267 e. The Labute approximate surface area is 124 Å². The molecule has 0 radical (unpaired) electrons. The molecule has 0 saturated heterocycles. The van der Waals surface area contributed by atoms with Gasteiger partial charge in [0.25, 0.3) is 5.56 Å². The zero-order valence-corrected chi connectivity index (χ0v) is 12.0. The third-order valence-corrected chi connectivity index (χ3v) is 4.40. The first-order valence-electron chi connectivity index (χ1n) is 6.00. The summed E-state index contributed by atoms with van der Waals surface area (Å²) in [6.07, 6.45) is 3.52. The van der Waals surface area contributed by atoms with Crippen LogP contribution in [0.4, 0.5) is 5.00 Å². The molecule has 20 heavy (non-hydrogen) atoms. The molecule has 4 rings (SSSR count). The van der Waals surface area contributed by atoms with Crippen molar-refractivity contribution in [2.75, 3.05) is 18.0 Å². The van der Waals surface area contributed by atoms with Crippen molar-refractivity contribution in [1.29, 1.82) is 0 Å². The standard InChI is InChI=1S/C13H10N4OS.ClH/c18-13-11-9(8-2-1-3-15-12(8)16-13)6-10(19-11)17-5-4-14-7-17;/h1-3,6-7H,4-5H2,(H,15,16,18);1H. The van der Waals surface area contributed by atoms with Crippen LogP contribution < -0.4 is 10.5 Å². The lowest BCUT2D eigenvalue weighted by molar-refractivity contribution is 1.03. The highest BCUT2D eigenvalue weighted by Crippen LogP contribution is 2.33. The van der Waals surface area contributed by atoms with Crippen LogP contribution in [0.2, 0.25) is 0 Å². The topological polar surface area (TPSA) is 61.4 Å². The van der Waals surface area contributed by atoms with Crippen molar-refractivity contribution < 1.29 is 0 Å². The maximum absolute atomic E-state index is 12.1. The van der Waals surface area contributed by atoms with E-state index in [2.05, 4.69) is 25.9 Å². The maximum atomic E-state index is 12.1. The number of pyridine rings is 2. The van der Waals surface area contributed by atoms with Gasteiger partial charge in [-0.3, -0.25) is 9.79 Å². The highest BCUT2D eigenvalue weighted by Gasteiger charge is 2.15. The Kier molecular flexibility index (Phi) is 3.19. The molecule has 0 spiro atoms. The molecule has 3 aromatic heterocycles. The Morgan fingerprint density at radius 2 is 2.25 bits per heavy atom. The van der Waals surface area contributed by atoms with Gasteiger partial charge in [-0.1, -0.05) is 0 Å². The van der Waals surface area contributed by atoms with Crippen LogP contribution >= 0.6 is 23.7 Å². The van der Waals surface area contributed by atoms with Gasteiger partial charge in [-0.05, 0) is 18.2 Å². The summed E-state index contributed by atoms with van der Waals surface area (Å²) in [5.74, 6) is 0. The van der Waals surface area contributed by atoms with Gasteiger partial charge < -0.3 is 9.88 Å². The van der Waals surface area contributed by atoms with Crippen molar-refractivity contribution in [3.8, 4) is 0 Å². The number of halogens is 1. The van der Waals surface area contributed by atoms with E-state index in [4.69, 9.17) is 0 Å². The van der Waals surface area contributed by atoms with E-state index in [1.165, 1.54) is 11.3 Å². The highest BCUT2D eigenvalue weighted by molar-refractivity contribution is 7.23. The summed E-state index contributed by atoms with van der Waals surface area (Å²) in [5, 5.41) is 3.00. The fourth-order valence-corrected chi connectivity index (χ4v) is 3.39. The Morgan fingerprint density at radius 3 is 3.05 bits per heavy atom. The van der Waals surface area contributed by atoms with Gasteiger partial charge in [-0.2, -0.15) is 0 Å². The van der Waals surface area contributed by atoms with Gasteiger partial charge in [0.05, 0.1) is 17.9 Å². The van der Waals surface area contributed by atoms with Crippen molar-refractivity contribution in [3.63, 3.8) is 0 Å². The molecule has 4 heterocycles. The number of aliphatic imine (C=N–C) groups is 1. The van der Waals surface area contributed by atoms with Crippen LogP contribution in [0.25, 0.3) is 21.1 Å². The largest absolute Gasteiger partial charge is 0.323 e. The summed E-state index contributed by atoms with van der Waals surface area (Å²) in [4.78, 5) is 25.4. The second-order valence-corrected chi connectivity index (χ2v) is 5.43. The van der Waals surface area contributed by atoms with Crippen LogP contribution in [0.1, 0.15) is 0 Å². The van der Waals surface area contributed by atoms with Crippen LogP contribution in [0, 0.1) is 0 Å².